The van der Waals surface area contributed by atoms with Crippen molar-refractivity contribution in [3.63, 3.8) is 0 Å². The number of carboxylic acids is 1. The Balaban J connectivity index is 1.95. The minimum absolute atomic E-state index is 0.423. The van der Waals surface area contributed by atoms with Gasteiger partial charge in [-0.1, -0.05) is 38.1 Å². The summed E-state index contributed by atoms with van der Waals surface area (Å²) in [6, 6.07) is 8.45. The molecule has 1 N–H and O–H groups in total. The lowest BCUT2D eigenvalue weighted by atomic mass is 9.91. The Labute approximate surface area is 128 Å². The Morgan fingerprint density at radius 1 is 1.33 bits per heavy atom. The zero-order valence-electron chi connectivity index (χ0n) is 12.3. The van der Waals surface area contributed by atoms with Gasteiger partial charge >= 0.3 is 5.97 Å². The van der Waals surface area contributed by atoms with Crippen LogP contribution in [0, 0.1) is 0 Å². The van der Waals surface area contributed by atoms with Crippen molar-refractivity contribution in [1.82, 2.24) is 4.98 Å². The SMILES string of the molecule is CC(C)c1ccc(-c2nc3c(s2)CCCC3C(=O)O)cc1. The normalized spacial score (nSPS) is 17.8. The molecule has 0 saturated heterocycles. The number of fused-ring (bicyclic) bond motifs is 1. The van der Waals surface area contributed by atoms with E-state index in [0.717, 1.165) is 34.0 Å². The van der Waals surface area contributed by atoms with Gasteiger partial charge in [0.05, 0.1) is 11.6 Å². The third-order valence-electron chi connectivity index (χ3n) is 4.08. The summed E-state index contributed by atoms with van der Waals surface area (Å²) in [4.78, 5) is 17.1. The van der Waals surface area contributed by atoms with Gasteiger partial charge in [0.2, 0.25) is 0 Å². The molecule has 0 aliphatic heterocycles. The van der Waals surface area contributed by atoms with E-state index in [-0.39, 0.29) is 0 Å². The molecule has 110 valence electrons. The molecule has 1 aliphatic rings. The Bertz CT molecular complexity index is 658. The quantitative estimate of drug-likeness (QED) is 0.912. The smallest absolute Gasteiger partial charge is 0.312 e. The molecule has 0 spiro atoms. The molecule has 0 saturated carbocycles. The van der Waals surface area contributed by atoms with Crippen LogP contribution in [0.5, 0.6) is 0 Å². The number of rotatable bonds is 3. The average Bonchev–Trinajstić information content (AvgIpc) is 2.90. The zero-order chi connectivity index (χ0) is 15.0. The van der Waals surface area contributed by atoms with Crippen LogP contribution in [0.4, 0.5) is 0 Å². The van der Waals surface area contributed by atoms with Gasteiger partial charge in [0.25, 0.3) is 0 Å². The molecule has 0 radical (unpaired) electrons. The summed E-state index contributed by atoms with van der Waals surface area (Å²) in [6.45, 7) is 4.35. The Morgan fingerprint density at radius 3 is 2.67 bits per heavy atom. The van der Waals surface area contributed by atoms with Crippen LogP contribution in [0.3, 0.4) is 0 Å². The molecule has 1 heterocycles. The molecule has 1 unspecified atom stereocenters. The summed E-state index contributed by atoms with van der Waals surface area (Å²) < 4.78 is 0. The fraction of sp³-hybridized carbons (Fsp3) is 0.412. The highest BCUT2D eigenvalue weighted by Crippen LogP contribution is 2.38. The monoisotopic (exact) mass is 301 g/mol. The van der Waals surface area contributed by atoms with Crippen molar-refractivity contribution in [2.45, 2.75) is 44.9 Å². The van der Waals surface area contributed by atoms with E-state index in [9.17, 15) is 9.90 Å². The summed E-state index contributed by atoms with van der Waals surface area (Å²) >= 11 is 1.65. The lowest BCUT2D eigenvalue weighted by molar-refractivity contribution is -0.139. The second-order valence-corrected chi connectivity index (χ2v) is 6.97. The molecule has 3 nitrogen and oxygen atoms in total. The van der Waals surface area contributed by atoms with Gasteiger partial charge in [-0.15, -0.1) is 11.3 Å². The molecule has 0 fully saturated rings. The summed E-state index contributed by atoms with van der Waals surface area (Å²) in [5.41, 5.74) is 3.19. The largest absolute Gasteiger partial charge is 0.481 e. The van der Waals surface area contributed by atoms with Crippen LogP contribution in [0.15, 0.2) is 24.3 Å². The number of aromatic nitrogens is 1. The highest BCUT2D eigenvalue weighted by Gasteiger charge is 2.30. The number of hydrogen-bond donors (Lipinski definition) is 1. The fourth-order valence-electron chi connectivity index (χ4n) is 2.79. The molecule has 2 aromatic rings. The van der Waals surface area contributed by atoms with E-state index >= 15 is 0 Å². The van der Waals surface area contributed by atoms with E-state index in [0.29, 0.717) is 12.3 Å². The number of benzene rings is 1. The summed E-state index contributed by atoms with van der Waals surface area (Å²) in [7, 11) is 0. The second kappa shape index (κ2) is 5.60. The van der Waals surface area contributed by atoms with E-state index in [1.165, 1.54) is 5.56 Å². The van der Waals surface area contributed by atoms with E-state index in [1.54, 1.807) is 11.3 Å². The van der Waals surface area contributed by atoms with Gasteiger partial charge in [-0.25, -0.2) is 4.98 Å². The lowest BCUT2D eigenvalue weighted by Gasteiger charge is -2.16. The number of thiazole rings is 1. The fourth-order valence-corrected chi connectivity index (χ4v) is 3.96. The predicted octanol–water partition coefficient (Wildman–Crippen LogP) is 4.44. The van der Waals surface area contributed by atoms with Gasteiger partial charge in [0.1, 0.15) is 5.01 Å². The first kappa shape index (κ1) is 14.3. The highest BCUT2D eigenvalue weighted by atomic mass is 32.1. The molecule has 4 heteroatoms. The van der Waals surface area contributed by atoms with Gasteiger partial charge in [-0.3, -0.25) is 4.79 Å². The molecule has 1 aromatic carbocycles. The summed E-state index contributed by atoms with van der Waals surface area (Å²) in [5, 5.41) is 10.3. The molecule has 0 amide bonds. The van der Waals surface area contributed by atoms with Crippen molar-refractivity contribution in [3.05, 3.63) is 40.4 Å². The van der Waals surface area contributed by atoms with Crippen molar-refractivity contribution in [2.24, 2.45) is 0 Å². The van der Waals surface area contributed by atoms with Crippen LogP contribution in [-0.2, 0) is 11.2 Å². The number of carboxylic acid groups (broad SMARTS) is 1. The first-order valence-corrected chi connectivity index (χ1v) is 8.20. The van der Waals surface area contributed by atoms with Gasteiger partial charge < -0.3 is 5.11 Å². The van der Waals surface area contributed by atoms with Gasteiger partial charge in [0.15, 0.2) is 0 Å². The molecular formula is C17H19NO2S. The molecule has 1 aliphatic carbocycles. The minimum atomic E-state index is -0.747. The van der Waals surface area contributed by atoms with Gasteiger partial charge in [-0.05, 0) is 30.7 Å². The number of aryl methyl sites for hydroxylation is 1. The number of nitrogens with zero attached hydrogens (tertiary/aromatic N) is 1. The van der Waals surface area contributed by atoms with E-state index in [1.807, 2.05) is 0 Å². The van der Waals surface area contributed by atoms with Crippen LogP contribution in [0.25, 0.3) is 10.6 Å². The predicted molar refractivity (Wildman–Crippen MR) is 85.0 cm³/mol. The topological polar surface area (TPSA) is 50.2 Å². The Kier molecular flexibility index (Phi) is 3.81. The molecule has 1 aromatic heterocycles. The maximum Gasteiger partial charge on any atom is 0.312 e. The van der Waals surface area contributed by atoms with E-state index < -0.39 is 11.9 Å². The van der Waals surface area contributed by atoms with Crippen LogP contribution >= 0.6 is 11.3 Å². The minimum Gasteiger partial charge on any atom is -0.481 e. The van der Waals surface area contributed by atoms with Crippen molar-refractivity contribution in [2.75, 3.05) is 0 Å². The first-order chi connectivity index (χ1) is 10.1. The van der Waals surface area contributed by atoms with Crippen molar-refractivity contribution >= 4 is 17.3 Å². The van der Waals surface area contributed by atoms with E-state index in [4.69, 9.17) is 0 Å². The summed E-state index contributed by atoms with van der Waals surface area (Å²) in [6.07, 6.45) is 2.61. The van der Waals surface area contributed by atoms with Gasteiger partial charge in [-0.2, -0.15) is 0 Å². The first-order valence-electron chi connectivity index (χ1n) is 7.39. The highest BCUT2D eigenvalue weighted by molar-refractivity contribution is 7.15. The standard InChI is InChI=1S/C17H19NO2S/c1-10(2)11-6-8-12(9-7-11)16-18-15-13(17(19)20)4-3-5-14(15)21-16/h6-10,13H,3-5H2,1-2H3,(H,19,20). The maximum atomic E-state index is 11.3. The second-order valence-electron chi connectivity index (χ2n) is 5.89. The maximum absolute atomic E-state index is 11.3. The van der Waals surface area contributed by atoms with Crippen LogP contribution in [0.1, 0.15) is 54.7 Å². The van der Waals surface area contributed by atoms with E-state index in [2.05, 4.69) is 43.1 Å². The molecular weight excluding hydrogens is 282 g/mol. The lowest BCUT2D eigenvalue weighted by Crippen LogP contribution is -2.17. The van der Waals surface area contributed by atoms with Crippen molar-refractivity contribution < 1.29 is 9.90 Å². The van der Waals surface area contributed by atoms with Crippen LogP contribution in [0.2, 0.25) is 0 Å². The molecule has 0 bridgehead atoms. The third-order valence-corrected chi connectivity index (χ3v) is 5.26. The third kappa shape index (κ3) is 2.72. The van der Waals surface area contributed by atoms with Gasteiger partial charge in [0, 0.05) is 10.4 Å². The average molecular weight is 301 g/mol. The van der Waals surface area contributed by atoms with Crippen LogP contribution < -0.4 is 0 Å². The molecule has 21 heavy (non-hydrogen) atoms. The van der Waals surface area contributed by atoms with Crippen LogP contribution in [-0.4, -0.2) is 16.1 Å². The Morgan fingerprint density at radius 2 is 2.05 bits per heavy atom. The summed E-state index contributed by atoms with van der Waals surface area (Å²) in [5.74, 6) is -0.656. The number of carbonyl (C=O) groups is 1. The number of hydrogen-bond acceptors (Lipinski definition) is 3. The zero-order valence-corrected chi connectivity index (χ0v) is 13.1. The van der Waals surface area contributed by atoms with Crippen molar-refractivity contribution in [3.8, 4) is 10.6 Å². The number of aliphatic carboxylic acids is 1. The molecule has 3 rings (SSSR count). The Hall–Kier alpha value is -1.68. The van der Waals surface area contributed by atoms with Crippen molar-refractivity contribution in [1.29, 1.82) is 0 Å². The molecule has 1 atom stereocenters.